The van der Waals surface area contributed by atoms with Crippen LogP contribution in [0.3, 0.4) is 0 Å². The number of fused-ring (bicyclic) bond motifs is 1. The first-order chi connectivity index (χ1) is 14.0. The lowest BCUT2D eigenvalue weighted by Crippen LogP contribution is -2.52. The standard InChI is InChI=1S/C19H23N5O6/c1-19(2,3)30-18(27)22-8-6-21(7-9-22)16(25)11-23-12-20-15-10-13(24(28)29)4-5-14(15)17(23)26/h4-5,10,12H,6-9,11H2,1-3H3. The third kappa shape index (κ3) is 4.73. The monoisotopic (exact) mass is 417 g/mol. The van der Waals surface area contributed by atoms with Crippen LogP contribution < -0.4 is 5.56 Å². The van der Waals surface area contributed by atoms with E-state index in [0.29, 0.717) is 26.2 Å². The molecule has 11 heteroatoms. The number of amides is 2. The van der Waals surface area contributed by atoms with Gasteiger partial charge in [-0.2, -0.15) is 0 Å². The molecule has 1 fully saturated rings. The molecule has 0 aliphatic carbocycles. The minimum absolute atomic E-state index is 0.161. The molecule has 1 aliphatic rings. The van der Waals surface area contributed by atoms with Crippen molar-refractivity contribution in [3.63, 3.8) is 0 Å². The summed E-state index contributed by atoms with van der Waals surface area (Å²) in [6.07, 6.45) is 0.794. The fourth-order valence-corrected chi connectivity index (χ4v) is 3.08. The summed E-state index contributed by atoms with van der Waals surface area (Å²) >= 11 is 0. The van der Waals surface area contributed by atoms with Crippen LogP contribution in [0, 0.1) is 10.1 Å². The van der Waals surface area contributed by atoms with Gasteiger partial charge in [-0.25, -0.2) is 9.78 Å². The zero-order valence-corrected chi connectivity index (χ0v) is 17.0. The van der Waals surface area contributed by atoms with E-state index < -0.39 is 22.2 Å². The largest absolute Gasteiger partial charge is 0.444 e. The van der Waals surface area contributed by atoms with Crippen LogP contribution in [0.1, 0.15) is 20.8 Å². The van der Waals surface area contributed by atoms with Crippen molar-refractivity contribution in [2.24, 2.45) is 0 Å². The third-order valence-corrected chi connectivity index (χ3v) is 4.61. The molecule has 1 saturated heterocycles. The fraction of sp³-hybridized carbons (Fsp3) is 0.474. The molecule has 2 heterocycles. The number of piperazine rings is 1. The summed E-state index contributed by atoms with van der Waals surface area (Å²) in [5.41, 5.74) is -1.00. The smallest absolute Gasteiger partial charge is 0.410 e. The first kappa shape index (κ1) is 21.2. The van der Waals surface area contributed by atoms with Crippen molar-refractivity contribution in [2.45, 2.75) is 32.9 Å². The molecule has 2 amide bonds. The van der Waals surface area contributed by atoms with Crippen LogP contribution in [0.2, 0.25) is 0 Å². The summed E-state index contributed by atoms with van der Waals surface area (Å²) in [5, 5.41) is 11.1. The number of ether oxygens (including phenoxy) is 1. The van der Waals surface area contributed by atoms with E-state index in [1.807, 2.05) is 0 Å². The number of nitrogens with zero attached hydrogens (tertiary/aromatic N) is 5. The minimum Gasteiger partial charge on any atom is -0.444 e. The summed E-state index contributed by atoms with van der Waals surface area (Å²) in [6.45, 7) is 6.52. The number of rotatable bonds is 3. The highest BCUT2D eigenvalue weighted by atomic mass is 16.6. The van der Waals surface area contributed by atoms with Crippen molar-refractivity contribution in [3.8, 4) is 0 Å². The van der Waals surface area contributed by atoms with Crippen molar-refractivity contribution in [1.29, 1.82) is 0 Å². The van der Waals surface area contributed by atoms with Gasteiger partial charge in [0.25, 0.3) is 11.2 Å². The minimum atomic E-state index is -0.589. The number of carbonyl (C=O) groups is 2. The average molecular weight is 417 g/mol. The van der Waals surface area contributed by atoms with Crippen LogP contribution >= 0.6 is 0 Å². The Bertz CT molecular complexity index is 1050. The predicted molar refractivity (Wildman–Crippen MR) is 107 cm³/mol. The summed E-state index contributed by atoms with van der Waals surface area (Å²) < 4.78 is 6.51. The van der Waals surface area contributed by atoms with E-state index >= 15 is 0 Å². The van der Waals surface area contributed by atoms with Gasteiger partial charge < -0.3 is 14.5 Å². The van der Waals surface area contributed by atoms with Gasteiger partial charge in [-0.05, 0) is 26.8 Å². The molecule has 0 unspecified atom stereocenters. The number of nitro benzene ring substituents is 1. The van der Waals surface area contributed by atoms with Crippen LogP contribution in [0.4, 0.5) is 10.5 Å². The van der Waals surface area contributed by atoms with Gasteiger partial charge in [-0.3, -0.25) is 24.3 Å². The molecule has 1 aliphatic heterocycles. The van der Waals surface area contributed by atoms with Crippen LogP contribution in [-0.2, 0) is 16.1 Å². The summed E-state index contributed by atoms with van der Waals surface area (Å²) in [6, 6.07) is 3.79. The molecule has 3 rings (SSSR count). The van der Waals surface area contributed by atoms with Crippen LogP contribution in [0.25, 0.3) is 10.9 Å². The molecule has 0 radical (unpaired) electrons. The second-order valence-electron chi connectivity index (χ2n) is 7.98. The second kappa shape index (κ2) is 8.09. The molecule has 0 bridgehead atoms. The maximum absolute atomic E-state index is 12.6. The van der Waals surface area contributed by atoms with E-state index in [1.54, 1.807) is 30.6 Å². The zero-order valence-electron chi connectivity index (χ0n) is 17.0. The highest BCUT2D eigenvalue weighted by Gasteiger charge is 2.27. The number of aromatic nitrogens is 2. The Kier molecular flexibility index (Phi) is 5.72. The van der Waals surface area contributed by atoms with Crippen LogP contribution in [-0.4, -0.2) is 68.1 Å². The number of carbonyl (C=O) groups excluding carboxylic acids is 2. The molecular formula is C19H23N5O6. The molecule has 0 spiro atoms. The Balaban J connectivity index is 1.65. The van der Waals surface area contributed by atoms with Crippen molar-refractivity contribution in [3.05, 3.63) is 45.0 Å². The maximum Gasteiger partial charge on any atom is 0.410 e. The molecule has 30 heavy (non-hydrogen) atoms. The first-order valence-electron chi connectivity index (χ1n) is 9.44. The van der Waals surface area contributed by atoms with Gasteiger partial charge in [0, 0.05) is 38.3 Å². The topological polar surface area (TPSA) is 128 Å². The van der Waals surface area contributed by atoms with Crippen molar-refractivity contribution >= 4 is 28.6 Å². The molecule has 0 saturated carbocycles. The lowest BCUT2D eigenvalue weighted by molar-refractivity contribution is -0.384. The quantitative estimate of drug-likeness (QED) is 0.545. The van der Waals surface area contributed by atoms with Crippen molar-refractivity contribution in [1.82, 2.24) is 19.4 Å². The van der Waals surface area contributed by atoms with E-state index in [2.05, 4.69) is 4.98 Å². The second-order valence-corrected chi connectivity index (χ2v) is 7.98. The van der Waals surface area contributed by atoms with Crippen molar-refractivity contribution in [2.75, 3.05) is 26.2 Å². The van der Waals surface area contributed by atoms with Gasteiger partial charge in [-0.1, -0.05) is 0 Å². The Hall–Kier alpha value is -3.50. The number of non-ortho nitro benzene ring substituents is 1. The maximum atomic E-state index is 12.6. The van der Waals surface area contributed by atoms with Gasteiger partial charge in [0.05, 0.1) is 22.2 Å². The Morgan fingerprint density at radius 3 is 2.40 bits per heavy atom. The van der Waals surface area contributed by atoms with E-state index in [9.17, 15) is 24.5 Å². The van der Waals surface area contributed by atoms with Gasteiger partial charge in [-0.15, -0.1) is 0 Å². The molecule has 2 aromatic rings. The summed E-state index contributed by atoms with van der Waals surface area (Å²) in [7, 11) is 0. The highest BCUT2D eigenvalue weighted by molar-refractivity contribution is 5.81. The SMILES string of the molecule is CC(C)(C)OC(=O)N1CCN(C(=O)Cn2cnc3cc([N+](=O)[O-])ccc3c2=O)CC1. The average Bonchev–Trinajstić information content (AvgIpc) is 2.68. The Labute approximate surface area is 172 Å². The molecule has 0 atom stereocenters. The van der Waals surface area contributed by atoms with Gasteiger partial charge >= 0.3 is 6.09 Å². The Morgan fingerprint density at radius 2 is 1.80 bits per heavy atom. The van der Waals surface area contributed by atoms with E-state index in [0.717, 1.165) is 0 Å². The fourth-order valence-electron chi connectivity index (χ4n) is 3.08. The van der Waals surface area contributed by atoms with Crippen LogP contribution in [0.15, 0.2) is 29.3 Å². The van der Waals surface area contributed by atoms with Gasteiger partial charge in [0.15, 0.2) is 0 Å². The lowest BCUT2D eigenvalue weighted by atomic mass is 10.2. The Morgan fingerprint density at radius 1 is 1.17 bits per heavy atom. The molecule has 1 aromatic heterocycles. The molecule has 11 nitrogen and oxygen atoms in total. The van der Waals surface area contributed by atoms with Crippen molar-refractivity contribution < 1.29 is 19.2 Å². The van der Waals surface area contributed by atoms with Gasteiger partial charge in [0.2, 0.25) is 5.91 Å². The molecular weight excluding hydrogens is 394 g/mol. The van der Waals surface area contributed by atoms with E-state index in [1.165, 1.54) is 29.1 Å². The zero-order chi connectivity index (χ0) is 22.1. The molecule has 160 valence electrons. The normalized spacial score (nSPS) is 14.6. The van der Waals surface area contributed by atoms with Gasteiger partial charge in [0.1, 0.15) is 12.1 Å². The molecule has 1 aromatic carbocycles. The lowest BCUT2D eigenvalue weighted by Gasteiger charge is -2.35. The third-order valence-electron chi connectivity index (χ3n) is 4.61. The number of benzene rings is 1. The number of hydrogen-bond acceptors (Lipinski definition) is 7. The molecule has 0 N–H and O–H groups in total. The summed E-state index contributed by atoms with van der Waals surface area (Å²) in [5.74, 6) is -0.274. The van der Waals surface area contributed by atoms with E-state index in [4.69, 9.17) is 4.74 Å². The first-order valence-corrected chi connectivity index (χ1v) is 9.44. The van der Waals surface area contributed by atoms with E-state index in [-0.39, 0.29) is 29.0 Å². The number of hydrogen-bond donors (Lipinski definition) is 0. The highest BCUT2D eigenvalue weighted by Crippen LogP contribution is 2.16. The van der Waals surface area contributed by atoms with Crippen LogP contribution in [0.5, 0.6) is 0 Å². The summed E-state index contributed by atoms with van der Waals surface area (Å²) in [4.78, 5) is 54.8. The number of nitro groups is 1. The predicted octanol–water partition coefficient (Wildman–Crippen LogP) is 1.38.